The molecule has 0 aliphatic heterocycles. The van der Waals surface area contributed by atoms with E-state index in [1.54, 1.807) is 31.3 Å². The minimum absolute atomic E-state index is 0.0255. The van der Waals surface area contributed by atoms with E-state index in [4.69, 9.17) is 19.9 Å². The highest BCUT2D eigenvalue weighted by Crippen LogP contribution is 2.50. The van der Waals surface area contributed by atoms with Gasteiger partial charge >= 0.3 is 0 Å². The van der Waals surface area contributed by atoms with Crippen LogP contribution in [0.2, 0.25) is 0 Å². The van der Waals surface area contributed by atoms with Gasteiger partial charge < -0.3 is 45.9 Å². The van der Waals surface area contributed by atoms with Crippen molar-refractivity contribution in [1.82, 2.24) is 5.32 Å². The smallest absolute Gasteiger partial charge is 0.192 e. The van der Waals surface area contributed by atoms with E-state index in [9.17, 15) is 20.1 Å². The van der Waals surface area contributed by atoms with Gasteiger partial charge in [-0.3, -0.25) is 9.79 Å². The summed E-state index contributed by atoms with van der Waals surface area (Å²) in [6.07, 6.45) is 11.2. The number of phenols is 2. The molecule has 0 heterocycles. The van der Waals surface area contributed by atoms with Gasteiger partial charge in [-0.15, -0.1) is 0 Å². The number of aromatic hydroxyl groups is 2. The van der Waals surface area contributed by atoms with E-state index in [0.29, 0.717) is 55.8 Å². The number of rotatable bonds is 16. The average Bonchev–Trinajstić information content (AvgIpc) is 3.70. The van der Waals surface area contributed by atoms with Crippen molar-refractivity contribution in [3.63, 3.8) is 0 Å². The van der Waals surface area contributed by atoms with Crippen molar-refractivity contribution in [2.45, 2.75) is 87.9 Å². The fraction of sp³-hybridized carbons (Fsp3) is 0.556. The van der Waals surface area contributed by atoms with Crippen LogP contribution >= 0.6 is 0 Å². The molecule has 0 saturated heterocycles. The van der Waals surface area contributed by atoms with Crippen LogP contribution < -0.4 is 25.8 Å². The highest BCUT2D eigenvalue weighted by atomic mass is 16.6. The number of carbonyl (C=O) groups is 1. The molecule has 2 aliphatic carbocycles. The number of aryl methyl sites for hydroxylation is 1. The minimum atomic E-state index is -0.826. The van der Waals surface area contributed by atoms with Gasteiger partial charge in [-0.05, 0) is 105 Å². The van der Waals surface area contributed by atoms with Gasteiger partial charge in [0.05, 0.1) is 12.8 Å². The van der Waals surface area contributed by atoms with E-state index in [2.05, 4.69) is 15.6 Å². The van der Waals surface area contributed by atoms with Crippen molar-refractivity contribution in [3.05, 3.63) is 53.6 Å². The van der Waals surface area contributed by atoms with Gasteiger partial charge in [0.15, 0.2) is 41.0 Å². The Kier molecular flexibility index (Phi) is 12.5. The predicted molar refractivity (Wildman–Crippen MR) is 183 cm³/mol. The van der Waals surface area contributed by atoms with Crippen molar-refractivity contribution >= 4 is 17.4 Å². The zero-order valence-electron chi connectivity index (χ0n) is 28.2. The Morgan fingerprint density at radius 2 is 1.91 bits per heavy atom. The number of aliphatic hydroxyl groups excluding tert-OH is 1. The fourth-order valence-corrected chi connectivity index (χ4v) is 7.21. The number of allylic oxidation sites excluding steroid dienone is 2. The van der Waals surface area contributed by atoms with Crippen molar-refractivity contribution in [2.24, 2.45) is 16.6 Å². The molecule has 2 fully saturated rings. The van der Waals surface area contributed by atoms with E-state index in [1.807, 2.05) is 25.3 Å². The molecular formula is C36H52N4O7. The SMILES string of the molecule is CN=C(N)Nc1cc(C2(C/C=C/C(=O)CCc3ccc(O)c(OC)c3)CCCC2)cc(O[C@]2(CNC)CC[C@H](C[C@H](O)OC)C2)c1O. The maximum atomic E-state index is 12.9. The Labute approximate surface area is 278 Å². The number of nitrogens with two attached hydrogens (primary N) is 1. The maximum Gasteiger partial charge on any atom is 0.192 e. The normalized spacial score (nSPS) is 21.6. The van der Waals surface area contributed by atoms with E-state index in [1.165, 1.54) is 14.2 Å². The van der Waals surface area contributed by atoms with Crippen molar-refractivity contribution in [2.75, 3.05) is 40.2 Å². The summed E-state index contributed by atoms with van der Waals surface area (Å²) >= 11 is 0. The second-order valence-electron chi connectivity index (χ2n) is 13.0. The number of nitrogens with one attached hydrogen (secondary N) is 2. The Balaban J connectivity index is 1.58. The summed E-state index contributed by atoms with van der Waals surface area (Å²) in [4.78, 5) is 16.9. The molecule has 2 aromatic rings. The van der Waals surface area contributed by atoms with Gasteiger partial charge in [0.1, 0.15) is 5.60 Å². The zero-order chi connectivity index (χ0) is 34.0. The first-order valence-corrected chi connectivity index (χ1v) is 16.5. The third-order valence-electron chi connectivity index (χ3n) is 9.77. The summed E-state index contributed by atoms with van der Waals surface area (Å²) in [5, 5.41) is 37.7. The second-order valence-corrected chi connectivity index (χ2v) is 13.0. The predicted octanol–water partition coefficient (Wildman–Crippen LogP) is 4.91. The number of guanidine groups is 1. The van der Waals surface area contributed by atoms with Crippen LogP contribution in [0.25, 0.3) is 0 Å². The first kappa shape index (κ1) is 36.0. The molecule has 3 atom stereocenters. The van der Waals surface area contributed by atoms with Crippen molar-refractivity contribution < 1.29 is 34.3 Å². The fourth-order valence-electron chi connectivity index (χ4n) is 7.21. The molecule has 7 N–H and O–H groups in total. The van der Waals surface area contributed by atoms with Gasteiger partial charge in [0.2, 0.25) is 0 Å². The summed E-state index contributed by atoms with van der Waals surface area (Å²) in [5.41, 5.74) is 7.56. The lowest BCUT2D eigenvalue weighted by Gasteiger charge is -2.34. The molecule has 11 heteroatoms. The van der Waals surface area contributed by atoms with E-state index < -0.39 is 11.9 Å². The summed E-state index contributed by atoms with van der Waals surface area (Å²) in [6, 6.07) is 9.00. The number of ketones is 1. The molecule has 0 unspecified atom stereocenters. The van der Waals surface area contributed by atoms with E-state index >= 15 is 0 Å². The number of hydrogen-bond donors (Lipinski definition) is 6. The number of aliphatic imine (C=N–C) groups is 1. The molecule has 0 radical (unpaired) electrons. The molecule has 0 amide bonds. The van der Waals surface area contributed by atoms with E-state index in [0.717, 1.165) is 49.7 Å². The lowest BCUT2D eigenvalue weighted by molar-refractivity contribution is -0.114. The van der Waals surface area contributed by atoms with Crippen LogP contribution in [0.5, 0.6) is 23.0 Å². The molecule has 4 rings (SSSR count). The van der Waals surface area contributed by atoms with Crippen LogP contribution in [0.4, 0.5) is 5.69 Å². The molecule has 11 nitrogen and oxygen atoms in total. The monoisotopic (exact) mass is 652 g/mol. The van der Waals surface area contributed by atoms with E-state index in [-0.39, 0.29) is 34.6 Å². The van der Waals surface area contributed by atoms with Crippen LogP contribution in [0.1, 0.15) is 75.3 Å². The number of benzene rings is 2. The molecule has 47 heavy (non-hydrogen) atoms. The third-order valence-corrected chi connectivity index (χ3v) is 9.77. The van der Waals surface area contributed by atoms with Crippen LogP contribution in [-0.2, 0) is 21.4 Å². The van der Waals surface area contributed by atoms with Crippen LogP contribution in [-0.4, -0.2) is 73.8 Å². The maximum absolute atomic E-state index is 12.9. The summed E-state index contributed by atoms with van der Waals surface area (Å²) < 4.78 is 17.1. The number of hydrogen-bond acceptors (Lipinski definition) is 9. The molecule has 0 bridgehead atoms. The molecule has 2 aromatic carbocycles. The minimum Gasteiger partial charge on any atom is -0.504 e. The van der Waals surface area contributed by atoms with Crippen molar-refractivity contribution in [3.8, 4) is 23.0 Å². The largest absolute Gasteiger partial charge is 0.504 e. The number of aliphatic hydroxyl groups is 1. The molecule has 2 aliphatic rings. The number of phenolic OH excluding ortho intramolecular Hbond substituents is 2. The van der Waals surface area contributed by atoms with Gasteiger partial charge in [0, 0.05) is 33.5 Å². The number of carbonyl (C=O) groups excluding carboxylic acids is 1. The number of methoxy groups -OCH3 is 2. The van der Waals surface area contributed by atoms with Gasteiger partial charge in [-0.2, -0.15) is 0 Å². The number of nitrogens with zero attached hydrogens (tertiary/aromatic N) is 1. The number of anilines is 1. The standard InChI is InChI=1S/C36H52N4O7/c1-38-23-36(17-13-25(22-36)19-32(43)46-4)47-31-21-26(20-28(33(31)44)40-34(37)39-2)35(14-5-6-15-35)16-7-8-27(41)11-9-24-10-12-29(42)30(18-24)45-3/h7-8,10,12,18,20-21,25,32,38,42-44H,5-6,9,11,13-17,19,22-23H2,1-4H3,(H3,37,39,40)/b8-7+/t25-,32-,36-/m1/s1. The number of ether oxygens (including phenoxy) is 3. The van der Waals surface area contributed by atoms with Crippen LogP contribution in [0.3, 0.4) is 0 Å². The highest BCUT2D eigenvalue weighted by Gasteiger charge is 2.43. The lowest BCUT2D eigenvalue weighted by atomic mass is 9.75. The molecule has 2 saturated carbocycles. The van der Waals surface area contributed by atoms with Crippen molar-refractivity contribution in [1.29, 1.82) is 0 Å². The van der Waals surface area contributed by atoms with Crippen LogP contribution in [0.15, 0.2) is 47.5 Å². The van der Waals surface area contributed by atoms with Gasteiger partial charge in [0.25, 0.3) is 0 Å². The molecular weight excluding hydrogens is 600 g/mol. The summed E-state index contributed by atoms with van der Waals surface area (Å²) in [5.74, 6) is 1.19. The average molecular weight is 653 g/mol. The molecule has 0 spiro atoms. The first-order valence-electron chi connectivity index (χ1n) is 16.5. The molecule has 0 aromatic heterocycles. The zero-order valence-corrected chi connectivity index (χ0v) is 28.2. The Bertz CT molecular complexity index is 1420. The second kappa shape index (κ2) is 16.3. The quantitative estimate of drug-likeness (QED) is 0.0482. The Morgan fingerprint density at radius 1 is 1.15 bits per heavy atom. The van der Waals surface area contributed by atoms with Gasteiger partial charge in [-0.25, -0.2) is 0 Å². The Morgan fingerprint density at radius 3 is 2.60 bits per heavy atom. The lowest BCUT2D eigenvalue weighted by Crippen LogP contribution is -2.43. The first-order chi connectivity index (χ1) is 22.6. The van der Waals surface area contributed by atoms with Crippen LogP contribution in [0, 0.1) is 5.92 Å². The summed E-state index contributed by atoms with van der Waals surface area (Å²) in [7, 11) is 6.46. The third kappa shape index (κ3) is 9.18. The number of likely N-dealkylation sites (N-methyl/N-ethyl adjacent to an activating group) is 1. The van der Waals surface area contributed by atoms with Gasteiger partial charge in [-0.1, -0.05) is 25.0 Å². The highest BCUT2D eigenvalue weighted by molar-refractivity contribution is 5.94. The Hall–Kier alpha value is -3.80. The molecule has 258 valence electrons. The topological polar surface area (TPSA) is 168 Å². The summed E-state index contributed by atoms with van der Waals surface area (Å²) in [6.45, 7) is 0.574.